The minimum Gasteiger partial charge on any atom is -0.495 e. The zero-order valence-corrected chi connectivity index (χ0v) is 9.77. The van der Waals surface area contributed by atoms with E-state index in [1.807, 2.05) is 19.1 Å². The second-order valence-electron chi connectivity index (χ2n) is 3.31. The third kappa shape index (κ3) is 3.29. The standard InChI is InChI=1S/C11H16ClNO2/c1-8-6-11(15-2)10(7-9(8)12)13-4-3-5-14/h6-7,13-14H,3-5H2,1-2H3. The van der Waals surface area contributed by atoms with Crippen molar-refractivity contribution in [2.75, 3.05) is 25.6 Å². The van der Waals surface area contributed by atoms with Crippen LogP contribution < -0.4 is 10.1 Å². The zero-order valence-electron chi connectivity index (χ0n) is 9.01. The van der Waals surface area contributed by atoms with E-state index >= 15 is 0 Å². The van der Waals surface area contributed by atoms with Crippen molar-refractivity contribution < 1.29 is 9.84 Å². The molecule has 0 fully saturated rings. The number of aryl methyl sites for hydroxylation is 1. The van der Waals surface area contributed by atoms with Crippen LogP contribution in [0.1, 0.15) is 12.0 Å². The van der Waals surface area contributed by atoms with E-state index in [0.717, 1.165) is 17.0 Å². The van der Waals surface area contributed by atoms with E-state index in [4.69, 9.17) is 21.4 Å². The number of ether oxygens (including phenoxy) is 1. The fourth-order valence-electron chi connectivity index (χ4n) is 1.26. The summed E-state index contributed by atoms with van der Waals surface area (Å²) in [6, 6.07) is 3.73. The van der Waals surface area contributed by atoms with Gasteiger partial charge in [0.2, 0.25) is 0 Å². The maximum atomic E-state index is 8.67. The Balaban J connectivity index is 2.80. The van der Waals surface area contributed by atoms with E-state index in [9.17, 15) is 0 Å². The van der Waals surface area contributed by atoms with Crippen LogP contribution in [-0.2, 0) is 0 Å². The van der Waals surface area contributed by atoms with Crippen LogP contribution in [0.5, 0.6) is 5.75 Å². The van der Waals surface area contributed by atoms with Crippen molar-refractivity contribution in [3.63, 3.8) is 0 Å². The molecule has 0 saturated heterocycles. The fourth-order valence-corrected chi connectivity index (χ4v) is 1.43. The number of hydrogen-bond donors (Lipinski definition) is 2. The van der Waals surface area contributed by atoms with Crippen LogP contribution in [0.2, 0.25) is 5.02 Å². The van der Waals surface area contributed by atoms with Crippen LogP contribution in [0, 0.1) is 6.92 Å². The summed E-state index contributed by atoms with van der Waals surface area (Å²) in [7, 11) is 1.62. The van der Waals surface area contributed by atoms with Crippen LogP contribution in [0.15, 0.2) is 12.1 Å². The second kappa shape index (κ2) is 5.83. The topological polar surface area (TPSA) is 41.5 Å². The molecule has 0 aliphatic carbocycles. The molecule has 0 heterocycles. The van der Waals surface area contributed by atoms with Crippen LogP contribution in [0.3, 0.4) is 0 Å². The molecule has 0 atom stereocenters. The molecular weight excluding hydrogens is 214 g/mol. The Morgan fingerprint density at radius 1 is 1.47 bits per heavy atom. The van der Waals surface area contributed by atoms with E-state index in [1.165, 1.54) is 0 Å². The van der Waals surface area contributed by atoms with Gasteiger partial charge in [0.25, 0.3) is 0 Å². The van der Waals surface area contributed by atoms with Crippen molar-refractivity contribution in [3.05, 3.63) is 22.7 Å². The fraction of sp³-hybridized carbons (Fsp3) is 0.455. The van der Waals surface area contributed by atoms with Crippen LogP contribution in [0.25, 0.3) is 0 Å². The Morgan fingerprint density at radius 2 is 2.20 bits per heavy atom. The third-order valence-electron chi connectivity index (χ3n) is 2.13. The molecule has 0 aliphatic rings. The molecule has 0 unspecified atom stereocenters. The van der Waals surface area contributed by atoms with E-state index in [0.29, 0.717) is 18.0 Å². The molecule has 0 aromatic heterocycles. The SMILES string of the molecule is COc1cc(C)c(Cl)cc1NCCCO. The van der Waals surface area contributed by atoms with Gasteiger partial charge in [-0.25, -0.2) is 0 Å². The number of nitrogens with one attached hydrogen (secondary N) is 1. The summed E-state index contributed by atoms with van der Waals surface area (Å²) < 4.78 is 5.23. The van der Waals surface area contributed by atoms with Crippen molar-refractivity contribution in [2.24, 2.45) is 0 Å². The predicted octanol–water partition coefficient (Wildman–Crippen LogP) is 2.45. The molecular formula is C11H16ClNO2. The van der Waals surface area contributed by atoms with Gasteiger partial charge in [-0.05, 0) is 31.0 Å². The summed E-state index contributed by atoms with van der Waals surface area (Å²) in [5, 5.41) is 12.5. The van der Waals surface area contributed by atoms with Gasteiger partial charge in [-0.3, -0.25) is 0 Å². The van der Waals surface area contributed by atoms with E-state index in [1.54, 1.807) is 7.11 Å². The average molecular weight is 230 g/mol. The number of benzene rings is 1. The third-order valence-corrected chi connectivity index (χ3v) is 2.54. The number of aliphatic hydroxyl groups excluding tert-OH is 1. The molecule has 2 N–H and O–H groups in total. The van der Waals surface area contributed by atoms with E-state index in [2.05, 4.69) is 5.32 Å². The molecule has 3 nitrogen and oxygen atoms in total. The first kappa shape index (κ1) is 12.1. The second-order valence-corrected chi connectivity index (χ2v) is 3.71. The Kier molecular flexibility index (Phi) is 4.72. The highest BCUT2D eigenvalue weighted by atomic mass is 35.5. The maximum Gasteiger partial charge on any atom is 0.142 e. The number of rotatable bonds is 5. The summed E-state index contributed by atoms with van der Waals surface area (Å²) in [5.74, 6) is 0.773. The first-order chi connectivity index (χ1) is 7.19. The summed E-state index contributed by atoms with van der Waals surface area (Å²) in [5.41, 5.74) is 1.85. The number of anilines is 1. The number of aliphatic hydroxyl groups is 1. The first-order valence-electron chi connectivity index (χ1n) is 4.88. The van der Waals surface area contributed by atoms with Gasteiger partial charge >= 0.3 is 0 Å². The minimum absolute atomic E-state index is 0.176. The minimum atomic E-state index is 0.176. The van der Waals surface area contributed by atoms with Crippen molar-refractivity contribution in [3.8, 4) is 5.75 Å². The van der Waals surface area contributed by atoms with Crippen molar-refractivity contribution in [1.82, 2.24) is 0 Å². The predicted molar refractivity (Wildman–Crippen MR) is 62.9 cm³/mol. The summed E-state index contributed by atoms with van der Waals surface area (Å²) in [6.45, 7) is 2.81. The van der Waals surface area contributed by atoms with Crippen LogP contribution in [-0.4, -0.2) is 25.4 Å². The van der Waals surface area contributed by atoms with Gasteiger partial charge in [-0.15, -0.1) is 0 Å². The lowest BCUT2D eigenvalue weighted by atomic mass is 10.2. The van der Waals surface area contributed by atoms with E-state index < -0.39 is 0 Å². The Hall–Kier alpha value is -0.930. The molecule has 0 amide bonds. The lowest BCUT2D eigenvalue weighted by Gasteiger charge is -2.12. The first-order valence-corrected chi connectivity index (χ1v) is 5.25. The largest absolute Gasteiger partial charge is 0.495 e. The molecule has 84 valence electrons. The smallest absolute Gasteiger partial charge is 0.142 e. The van der Waals surface area contributed by atoms with Crippen molar-refractivity contribution >= 4 is 17.3 Å². The molecule has 0 aliphatic heterocycles. The molecule has 4 heteroatoms. The Bertz CT molecular complexity index is 329. The normalized spacial score (nSPS) is 10.1. The molecule has 1 aromatic rings. The molecule has 0 saturated carbocycles. The Morgan fingerprint density at radius 3 is 2.80 bits per heavy atom. The van der Waals surface area contributed by atoms with Gasteiger partial charge < -0.3 is 15.2 Å². The van der Waals surface area contributed by atoms with Crippen molar-refractivity contribution in [2.45, 2.75) is 13.3 Å². The quantitative estimate of drug-likeness (QED) is 0.763. The molecule has 1 aromatic carbocycles. The lowest BCUT2D eigenvalue weighted by Crippen LogP contribution is -2.05. The highest BCUT2D eigenvalue weighted by Crippen LogP contribution is 2.30. The Labute approximate surface area is 95.0 Å². The number of hydrogen-bond acceptors (Lipinski definition) is 3. The van der Waals surface area contributed by atoms with Gasteiger partial charge in [-0.1, -0.05) is 11.6 Å². The number of halogens is 1. The molecule has 1 rings (SSSR count). The molecule has 0 bridgehead atoms. The summed E-state index contributed by atoms with van der Waals surface area (Å²) >= 11 is 6.01. The van der Waals surface area contributed by atoms with E-state index in [-0.39, 0.29) is 6.61 Å². The van der Waals surface area contributed by atoms with Gasteiger partial charge in [0.1, 0.15) is 5.75 Å². The average Bonchev–Trinajstić information content (AvgIpc) is 2.23. The molecule has 15 heavy (non-hydrogen) atoms. The molecule has 0 spiro atoms. The van der Waals surface area contributed by atoms with Gasteiger partial charge in [0.15, 0.2) is 0 Å². The lowest BCUT2D eigenvalue weighted by molar-refractivity contribution is 0.292. The van der Waals surface area contributed by atoms with Crippen LogP contribution >= 0.6 is 11.6 Å². The maximum absolute atomic E-state index is 8.67. The van der Waals surface area contributed by atoms with Crippen LogP contribution in [0.4, 0.5) is 5.69 Å². The number of methoxy groups -OCH3 is 1. The highest BCUT2D eigenvalue weighted by Gasteiger charge is 2.05. The summed E-state index contributed by atoms with van der Waals surface area (Å²) in [4.78, 5) is 0. The summed E-state index contributed by atoms with van der Waals surface area (Å²) in [6.07, 6.45) is 0.703. The van der Waals surface area contributed by atoms with Gasteiger partial charge in [0.05, 0.1) is 12.8 Å². The zero-order chi connectivity index (χ0) is 11.3. The molecule has 0 radical (unpaired) electrons. The van der Waals surface area contributed by atoms with Gasteiger partial charge in [-0.2, -0.15) is 0 Å². The van der Waals surface area contributed by atoms with Crippen molar-refractivity contribution in [1.29, 1.82) is 0 Å². The highest BCUT2D eigenvalue weighted by molar-refractivity contribution is 6.31. The van der Waals surface area contributed by atoms with Gasteiger partial charge in [0, 0.05) is 18.2 Å². The monoisotopic (exact) mass is 229 g/mol.